The van der Waals surface area contributed by atoms with Crippen molar-refractivity contribution < 1.29 is 0 Å². The first-order valence-corrected chi connectivity index (χ1v) is 7.16. The van der Waals surface area contributed by atoms with Crippen molar-refractivity contribution in [1.29, 1.82) is 0 Å². The number of aromatic nitrogens is 2. The molecule has 0 spiro atoms. The Morgan fingerprint density at radius 3 is 2.27 bits per heavy atom. The van der Waals surface area contributed by atoms with Gasteiger partial charge in [0.25, 0.3) is 0 Å². The number of benzene rings is 1. The topological polar surface area (TPSA) is 25.8 Å². The fourth-order valence-electron chi connectivity index (χ4n) is 0.904. The average molecular weight is 299 g/mol. The lowest BCUT2D eigenvalue weighted by Crippen LogP contribution is -1.79. The van der Waals surface area contributed by atoms with Gasteiger partial charge in [0.2, 0.25) is 0 Å². The van der Waals surface area contributed by atoms with E-state index < -0.39 is 0 Å². The maximum Gasteiger partial charge on any atom is 0.198 e. The minimum atomic E-state index is 0.783. The first-order chi connectivity index (χ1) is 7.34. The first kappa shape index (κ1) is 11.0. The van der Waals surface area contributed by atoms with Crippen molar-refractivity contribution >= 4 is 37.5 Å². The van der Waals surface area contributed by atoms with Gasteiger partial charge in [-0.3, -0.25) is 0 Å². The van der Waals surface area contributed by atoms with Gasteiger partial charge in [0.15, 0.2) is 5.16 Å². The van der Waals surface area contributed by atoms with Gasteiger partial charge in [-0.25, -0.2) is 9.97 Å². The summed E-state index contributed by atoms with van der Waals surface area (Å²) in [5.74, 6) is 0. The van der Waals surface area contributed by atoms with Gasteiger partial charge in [0.1, 0.15) is 0 Å². The minimum absolute atomic E-state index is 0.783. The van der Waals surface area contributed by atoms with Crippen molar-refractivity contribution in [2.24, 2.45) is 0 Å². The molecule has 0 bridgehead atoms. The number of hydrogen-bond donors (Lipinski definition) is 0. The zero-order valence-corrected chi connectivity index (χ0v) is 10.8. The molecule has 1 aromatic carbocycles. The Kier molecular flexibility index (Phi) is 4.05. The van der Waals surface area contributed by atoms with Crippen LogP contribution < -0.4 is 0 Å². The molecule has 0 aliphatic carbocycles. The molecule has 5 heteroatoms. The van der Waals surface area contributed by atoms with Crippen LogP contribution in [0.3, 0.4) is 0 Å². The van der Waals surface area contributed by atoms with Crippen molar-refractivity contribution in [2.75, 3.05) is 0 Å². The van der Waals surface area contributed by atoms with Crippen LogP contribution in [-0.4, -0.2) is 9.97 Å². The lowest BCUT2D eigenvalue weighted by Gasteiger charge is -1.99. The van der Waals surface area contributed by atoms with Gasteiger partial charge in [-0.15, -0.1) is 0 Å². The van der Waals surface area contributed by atoms with E-state index in [1.165, 1.54) is 4.90 Å². The highest BCUT2D eigenvalue weighted by molar-refractivity contribution is 9.10. The van der Waals surface area contributed by atoms with E-state index in [4.69, 9.17) is 0 Å². The second kappa shape index (κ2) is 5.53. The highest BCUT2D eigenvalue weighted by Crippen LogP contribution is 2.35. The molecule has 2 rings (SSSR count). The van der Waals surface area contributed by atoms with E-state index in [0.717, 1.165) is 9.63 Å². The molecule has 15 heavy (non-hydrogen) atoms. The summed E-state index contributed by atoms with van der Waals surface area (Å²) in [6, 6.07) is 9.98. The van der Waals surface area contributed by atoms with Crippen LogP contribution >= 0.6 is 37.5 Å². The lowest BCUT2D eigenvalue weighted by molar-refractivity contribution is 0.973. The van der Waals surface area contributed by atoms with Crippen LogP contribution in [0.15, 0.2) is 57.3 Å². The molecule has 1 heterocycles. The molecule has 0 unspecified atom stereocenters. The minimum Gasteiger partial charge on any atom is -0.230 e. The third-order valence-electron chi connectivity index (χ3n) is 1.57. The smallest absolute Gasteiger partial charge is 0.198 e. The zero-order valence-electron chi connectivity index (χ0n) is 7.63. The molecule has 0 saturated heterocycles. The van der Waals surface area contributed by atoms with Crippen molar-refractivity contribution in [3.05, 3.63) is 47.2 Å². The normalized spacial score (nSPS) is 10.2. The van der Waals surface area contributed by atoms with Crippen LogP contribution in [0.4, 0.5) is 0 Å². The summed E-state index contributed by atoms with van der Waals surface area (Å²) in [5, 5.41) is 0.783. The highest BCUT2D eigenvalue weighted by atomic mass is 79.9. The first-order valence-electron chi connectivity index (χ1n) is 4.22. The zero-order chi connectivity index (χ0) is 10.5. The third-order valence-corrected chi connectivity index (χ3v) is 4.28. The Bertz CT molecular complexity index is 419. The number of nitrogens with zero attached hydrogens (tertiary/aromatic N) is 2. The molecule has 0 saturated carbocycles. The molecule has 2 aromatic rings. The summed E-state index contributed by atoms with van der Waals surface area (Å²) in [6.45, 7) is 0. The number of hydrogen-bond acceptors (Lipinski definition) is 4. The highest BCUT2D eigenvalue weighted by Gasteiger charge is 1.98. The summed E-state index contributed by atoms with van der Waals surface area (Å²) < 4.78 is 1.09. The standard InChI is InChI=1S/C10H7BrN2S2/c11-8-2-4-9(5-3-8)14-15-10-12-6-1-7-13-10/h1-7H. The van der Waals surface area contributed by atoms with Crippen molar-refractivity contribution in [1.82, 2.24) is 9.97 Å². The van der Waals surface area contributed by atoms with Gasteiger partial charge >= 0.3 is 0 Å². The average Bonchev–Trinajstić information content (AvgIpc) is 2.30. The van der Waals surface area contributed by atoms with Crippen LogP contribution in [0.25, 0.3) is 0 Å². The molecular formula is C10H7BrN2S2. The number of halogens is 1. The van der Waals surface area contributed by atoms with E-state index >= 15 is 0 Å². The van der Waals surface area contributed by atoms with Gasteiger partial charge in [0, 0.05) is 21.8 Å². The van der Waals surface area contributed by atoms with Gasteiger partial charge in [-0.2, -0.15) is 0 Å². The van der Waals surface area contributed by atoms with E-state index in [0.29, 0.717) is 0 Å². The summed E-state index contributed by atoms with van der Waals surface area (Å²) in [7, 11) is 3.21. The largest absolute Gasteiger partial charge is 0.230 e. The van der Waals surface area contributed by atoms with Crippen molar-refractivity contribution in [2.45, 2.75) is 10.1 Å². The van der Waals surface area contributed by atoms with E-state index in [9.17, 15) is 0 Å². The Labute approximate surface area is 104 Å². The van der Waals surface area contributed by atoms with Gasteiger partial charge in [-0.05, 0) is 51.9 Å². The fourth-order valence-corrected chi connectivity index (χ4v) is 2.90. The molecule has 0 aliphatic heterocycles. The summed E-state index contributed by atoms with van der Waals surface area (Å²) in [4.78, 5) is 9.46. The van der Waals surface area contributed by atoms with Gasteiger partial charge in [-0.1, -0.05) is 15.9 Å². The predicted octanol–water partition coefficient (Wildman–Crippen LogP) is 4.04. The molecule has 2 nitrogen and oxygen atoms in total. The van der Waals surface area contributed by atoms with E-state index in [1.54, 1.807) is 34.0 Å². The molecule has 0 amide bonds. The Morgan fingerprint density at radius 2 is 1.60 bits per heavy atom. The SMILES string of the molecule is Brc1ccc(SSc2ncccn2)cc1. The lowest BCUT2D eigenvalue weighted by atomic mass is 10.4. The molecule has 0 fully saturated rings. The molecule has 0 atom stereocenters. The Morgan fingerprint density at radius 1 is 0.933 bits per heavy atom. The number of rotatable bonds is 3. The second-order valence-electron chi connectivity index (χ2n) is 2.65. The predicted molar refractivity (Wildman–Crippen MR) is 67.9 cm³/mol. The van der Waals surface area contributed by atoms with Gasteiger partial charge in [0.05, 0.1) is 0 Å². The molecule has 1 aromatic heterocycles. The van der Waals surface area contributed by atoms with Crippen LogP contribution in [0, 0.1) is 0 Å². The second-order valence-corrected chi connectivity index (χ2v) is 5.74. The summed E-state index contributed by atoms with van der Waals surface area (Å²) >= 11 is 3.40. The molecule has 76 valence electrons. The Hall–Kier alpha value is -0.520. The summed E-state index contributed by atoms with van der Waals surface area (Å²) in [6.07, 6.45) is 3.49. The fraction of sp³-hybridized carbons (Fsp3) is 0. The molecule has 0 N–H and O–H groups in total. The van der Waals surface area contributed by atoms with Crippen LogP contribution in [0.5, 0.6) is 0 Å². The molecule has 0 aliphatic rings. The van der Waals surface area contributed by atoms with Crippen molar-refractivity contribution in [3.8, 4) is 0 Å². The van der Waals surface area contributed by atoms with Crippen molar-refractivity contribution in [3.63, 3.8) is 0 Å². The third kappa shape index (κ3) is 3.52. The molecular weight excluding hydrogens is 292 g/mol. The quantitative estimate of drug-likeness (QED) is 0.631. The summed E-state index contributed by atoms with van der Waals surface area (Å²) in [5.41, 5.74) is 0. The Balaban J connectivity index is 1.96. The van der Waals surface area contributed by atoms with E-state index in [2.05, 4.69) is 38.0 Å². The van der Waals surface area contributed by atoms with Crippen LogP contribution in [0.2, 0.25) is 0 Å². The maximum absolute atomic E-state index is 4.13. The van der Waals surface area contributed by atoms with Crippen LogP contribution in [0.1, 0.15) is 0 Å². The van der Waals surface area contributed by atoms with Crippen LogP contribution in [-0.2, 0) is 0 Å². The molecule has 0 radical (unpaired) electrons. The van der Waals surface area contributed by atoms with E-state index in [1.807, 2.05) is 18.2 Å². The van der Waals surface area contributed by atoms with Gasteiger partial charge < -0.3 is 0 Å². The maximum atomic E-state index is 4.13. The monoisotopic (exact) mass is 298 g/mol. The van der Waals surface area contributed by atoms with E-state index in [-0.39, 0.29) is 0 Å².